The lowest BCUT2D eigenvalue weighted by Crippen LogP contribution is -2.79. The number of anilines is 1. The van der Waals surface area contributed by atoms with Gasteiger partial charge < -0.3 is 50.2 Å². The number of aliphatic hydroxyl groups excluding tert-OH is 2. The number of carboxylic acids is 1. The maximum absolute atomic E-state index is 14.0. The predicted octanol–water partition coefficient (Wildman–Crippen LogP) is 2.57. The van der Waals surface area contributed by atoms with Gasteiger partial charge in [0.25, 0.3) is 21.2 Å². The van der Waals surface area contributed by atoms with Crippen LogP contribution >= 0.6 is 0 Å². The number of quaternary nitrogens is 1. The SMILES string of the molecule is CC(C)c1c(C(=O)Nc2ccccc2)c(-c2ccccc2)c(-c2ccc(F)cc2)n1CC[C@@H](O)C[C@@H](O)CC(=O)[O-].[NH3+]C(CO[N+](=O)[O-])(CO[N+](=O)[O-])CO[N+](=O)[O-]. The minimum absolute atomic E-state index is 0.121. The first-order valence-electron chi connectivity index (χ1n) is 17.6. The summed E-state index contributed by atoms with van der Waals surface area (Å²) in [6.45, 7) is 1.98. The van der Waals surface area contributed by atoms with Gasteiger partial charge in [0.05, 0.1) is 23.5 Å². The monoisotopic (exact) mass is 814 g/mol. The number of rotatable bonds is 21. The third-order valence-electron chi connectivity index (χ3n) is 8.35. The molecule has 0 saturated heterocycles. The molecule has 0 bridgehead atoms. The van der Waals surface area contributed by atoms with E-state index in [1.54, 1.807) is 24.3 Å². The quantitative estimate of drug-likeness (QED) is 0.0695. The highest BCUT2D eigenvalue weighted by molar-refractivity contribution is 6.12. The average Bonchev–Trinajstić information content (AvgIpc) is 3.51. The molecule has 1 aromatic heterocycles. The van der Waals surface area contributed by atoms with E-state index in [-0.39, 0.29) is 31.2 Å². The zero-order valence-corrected chi connectivity index (χ0v) is 31.4. The minimum atomic E-state index is -1.65. The Balaban J connectivity index is 0.000000447. The summed E-state index contributed by atoms with van der Waals surface area (Å²) in [6, 6.07) is 24.7. The Morgan fingerprint density at radius 1 is 0.810 bits per heavy atom. The van der Waals surface area contributed by atoms with E-state index in [1.807, 2.05) is 66.9 Å². The Hall–Kier alpha value is -6.71. The second-order valence-electron chi connectivity index (χ2n) is 13.4. The molecular weight excluding hydrogens is 771 g/mol. The first kappa shape index (κ1) is 45.7. The third kappa shape index (κ3) is 14.1. The molecule has 312 valence electrons. The molecule has 58 heavy (non-hydrogen) atoms. The van der Waals surface area contributed by atoms with Gasteiger partial charge in [-0.15, -0.1) is 30.3 Å². The number of nitrogens with zero attached hydrogens (tertiary/aromatic N) is 4. The molecular formula is C37H43FN6O14. The number of carboxylic acid groups (broad SMARTS) is 1. The number of nitrogens with one attached hydrogen (secondary N) is 1. The van der Waals surface area contributed by atoms with Gasteiger partial charge in [-0.1, -0.05) is 62.4 Å². The Labute approximate surface area is 329 Å². The van der Waals surface area contributed by atoms with E-state index in [2.05, 4.69) is 25.6 Å². The van der Waals surface area contributed by atoms with Gasteiger partial charge in [0.15, 0.2) is 25.4 Å². The van der Waals surface area contributed by atoms with Crippen LogP contribution in [0.5, 0.6) is 0 Å². The van der Waals surface area contributed by atoms with Crippen molar-refractivity contribution >= 4 is 17.6 Å². The highest BCUT2D eigenvalue weighted by Crippen LogP contribution is 2.42. The van der Waals surface area contributed by atoms with Crippen molar-refractivity contribution in [3.05, 3.63) is 132 Å². The first-order valence-corrected chi connectivity index (χ1v) is 17.6. The second kappa shape index (κ2) is 21.6. The summed E-state index contributed by atoms with van der Waals surface area (Å²) in [5, 5.41) is 60.9. The molecule has 1 amide bonds. The van der Waals surface area contributed by atoms with E-state index < -0.39 is 71.0 Å². The molecule has 0 unspecified atom stereocenters. The summed E-state index contributed by atoms with van der Waals surface area (Å²) < 4.78 is 16.0. The van der Waals surface area contributed by atoms with Crippen molar-refractivity contribution < 1.29 is 64.8 Å². The van der Waals surface area contributed by atoms with Crippen LogP contribution in [-0.4, -0.2) is 79.5 Å². The largest absolute Gasteiger partial charge is 0.550 e. The molecule has 0 aliphatic carbocycles. The van der Waals surface area contributed by atoms with Crippen molar-refractivity contribution in [3.8, 4) is 22.4 Å². The normalized spacial score (nSPS) is 12.1. The number of benzene rings is 3. The van der Waals surface area contributed by atoms with Gasteiger partial charge in [-0.2, -0.15) is 0 Å². The third-order valence-corrected chi connectivity index (χ3v) is 8.35. The van der Waals surface area contributed by atoms with Crippen LogP contribution in [0.25, 0.3) is 22.4 Å². The van der Waals surface area contributed by atoms with Crippen LogP contribution in [0.4, 0.5) is 10.1 Å². The molecule has 0 aliphatic rings. The van der Waals surface area contributed by atoms with Crippen molar-refractivity contribution in [3.63, 3.8) is 0 Å². The fourth-order valence-corrected chi connectivity index (χ4v) is 5.89. The summed E-state index contributed by atoms with van der Waals surface area (Å²) in [7, 11) is 0. The number of carbonyl (C=O) groups excluding carboxylic acids is 2. The first-order chi connectivity index (χ1) is 27.4. The fraction of sp³-hybridized carbons (Fsp3) is 0.351. The van der Waals surface area contributed by atoms with E-state index >= 15 is 0 Å². The maximum Gasteiger partial charge on any atom is 0.294 e. The van der Waals surface area contributed by atoms with Crippen LogP contribution in [0.3, 0.4) is 0 Å². The topological polar surface area (TPSA) is 299 Å². The van der Waals surface area contributed by atoms with Gasteiger partial charge in [0.2, 0.25) is 0 Å². The highest BCUT2D eigenvalue weighted by atomic mass is 19.1. The number of halogens is 1. The number of amides is 1. The summed E-state index contributed by atoms with van der Waals surface area (Å²) in [4.78, 5) is 66.5. The standard InChI is InChI=1S/C33H35FN2O5.C4H8N4O9/c1-21(2)31-30(33(41)35-25-11-7-4-8-12-25)29(22-9-5-3-6-10-22)32(23-13-15-24(34)16-14-23)36(31)18-17-26(37)19-27(38)20-28(39)40;5-4(1-15-6(9)10,2-16-7(11)12)3-17-8(13)14/h3-16,21,26-27,37-38H,17-20H2,1-2H3,(H,35,41)(H,39,40);1-3,5H2/t26-,27-;/m1./s1. The zero-order valence-electron chi connectivity index (χ0n) is 31.4. The van der Waals surface area contributed by atoms with Crippen LogP contribution in [-0.2, 0) is 25.9 Å². The Morgan fingerprint density at radius 3 is 1.78 bits per heavy atom. The summed E-state index contributed by atoms with van der Waals surface area (Å²) in [6.07, 6.45) is -2.77. The maximum atomic E-state index is 14.0. The molecule has 0 spiro atoms. The van der Waals surface area contributed by atoms with E-state index in [4.69, 9.17) is 0 Å². The molecule has 21 heteroatoms. The van der Waals surface area contributed by atoms with E-state index in [9.17, 15) is 59.6 Å². The summed E-state index contributed by atoms with van der Waals surface area (Å²) >= 11 is 0. The van der Waals surface area contributed by atoms with E-state index in [0.29, 0.717) is 28.1 Å². The zero-order chi connectivity index (χ0) is 43.0. The summed E-state index contributed by atoms with van der Waals surface area (Å²) in [5.41, 5.74) is 6.37. The van der Waals surface area contributed by atoms with Gasteiger partial charge in [-0.05, 0) is 66.3 Å². The van der Waals surface area contributed by atoms with Crippen LogP contribution < -0.4 is 16.2 Å². The molecule has 0 aliphatic heterocycles. The second-order valence-corrected chi connectivity index (χ2v) is 13.4. The van der Waals surface area contributed by atoms with Crippen molar-refractivity contribution in [1.82, 2.24) is 4.57 Å². The van der Waals surface area contributed by atoms with Crippen LogP contribution in [0.2, 0.25) is 0 Å². The lowest BCUT2D eigenvalue weighted by atomic mass is 9.94. The Morgan fingerprint density at radius 2 is 1.31 bits per heavy atom. The van der Waals surface area contributed by atoms with E-state index in [0.717, 1.165) is 11.3 Å². The number of aromatic nitrogens is 1. The lowest BCUT2D eigenvalue weighted by Gasteiger charge is -2.21. The predicted molar refractivity (Wildman–Crippen MR) is 199 cm³/mol. The molecule has 2 atom stereocenters. The van der Waals surface area contributed by atoms with Gasteiger partial charge in [0.1, 0.15) is 5.82 Å². The van der Waals surface area contributed by atoms with Crippen molar-refractivity contribution in [2.24, 2.45) is 0 Å². The van der Waals surface area contributed by atoms with Gasteiger partial charge in [-0.25, -0.2) is 4.39 Å². The molecule has 4 aromatic rings. The van der Waals surface area contributed by atoms with Crippen molar-refractivity contribution in [2.75, 3.05) is 25.1 Å². The molecule has 0 saturated carbocycles. The molecule has 0 radical (unpaired) electrons. The van der Waals surface area contributed by atoms with E-state index in [1.165, 1.54) is 12.1 Å². The van der Waals surface area contributed by atoms with Gasteiger partial charge in [0, 0.05) is 35.9 Å². The molecule has 0 fully saturated rings. The number of carbonyl (C=O) groups is 2. The summed E-state index contributed by atoms with van der Waals surface area (Å²) in [5.74, 6) is -2.20. The molecule has 4 rings (SSSR count). The number of hydrogen-bond donors (Lipinski definition) is 4. The van der Waals surface area contributed by atoms with Gasteiger partial charge in [-0.3, -0.25) is 4.79 Å². The molecule has 3 aromatic carbocycles. The van der Waals surface area contributed by atoms with Crippen LogP contribution in [0.1, 0.15) is 55.1 Å². The molecule has 6 N–H and O–H groups in total. The lowest BCUT2D eigenvalue weighted by molar-refractivity contribution is -0.796. The molecule has 20 nitrogen and oxygen atoms in total. The van der Waals surface area contributed by atoms with Crippen molar-refractivity contribution in [2.45, 2.75) is 63.3 Å². The smallest absolute Gasteiger partial charge is 0.294 e. The Bertz CT molecular complexity index is 1950. The van der Waals surface area contributed by atoms with Crippen LogP contribution in [0, 0.1) is 36.2 Å². The minimum Gasteiger partial charge on any atom is -0.550 e. The van der Waals surface area contributed by atoms with Crippen molar-refractivity contribution in [1.29, 1.82) is 0 Å². The number of aliphatic carboxylic acids is 1. The Kier molecular flexibility index (Phi) is 17.0. The average molecular weight is 815 g/mol. The van der Waals surface area contributed by atoms with Gasteiger partial charge >= 0.3 is 0 Å². The number of hydrogen-bond acceptors (Lipinski definition) is 14. The molecule has 1 heterocycles. The highest BCUT2D eigenvalue weighted by Gasteiger charge is 2.35. The fourth-order valence-electron chi connectivity index (χ4n) is 5.89. The number of aliphatic hydroxyl groups is 2. The van der Waals surface area contributed by atoms with Crippen LogP contribution in [0.15, 0.2) is 84.9 Å². The number of para-hydroxylation sites is 1.